The predicted octanol–water partition coefficient (Wildman–Crippen LogP) is 0.961. The van der Waals surface area contributed by atoms with Gasteiger partial charge in [-0.1, -0.05) is 12.1 Å². The molecule has 1 aromatic rings. The highest BCUT2D eigenvalue weighted by atomic mass is 19.1. The molecule has 4 heteroatoms. The van der Waals surface area contributed by atoms with Gasteiger partial charge in [0.15, 0.2) is 0 Å². The zero-order chi connectivity index (χ0) is 11.3. The minimum Gasteiger partial charge on any atom is -0.368 e. The summed E-state index contributed by atoms with van der Waals surface area (Å²) < 4.78 is 12.6. The molecule has 0 fully saturated rings. The summed E-state index contributed by atoms with van der Waals surface area (Å²) in [5, 5.41) is 0. The van der Waals surface area contributed by atoms with E-state index in [1.165, 1.54) is 12.1 Å². The van der Waals surface area contributed by atoms with E-state index in [2.05, 4.69) is 0 Å². The molecule has 0 radical (unpaired) electrons. The first-order valence-electron chi connectivity index (χ1n) is 4.89. The topological polar surface area (TPSA) is 69.1 Å². The molecule has 1 aromatic carbocycles. The fourth-order valence-corrected chi connectivity index (χ4v) is 1.32. The average molecular weight is 210 g/mol. The van der Waals surface area contributed by atoms with E-state index in [1.807, 2.05) is 0 Å². The number of carbonyl (C=O) groups is 1. The molecule has 3 nitrogen and oxygen atoms in total. The lowest BCUT2D eigenvalue weighted by Crippen LogP contribution is -2.36. The van der Waals surface area contributed by atoms with E-state index in [0.29, 0.717) is 6.42 Å². The number of rotatable bonds is 5. The molecule has 15 heavy (non-hydrogen) atoms. The highest BCUT2D eigenvalue weighted by Gasteiger charge is 2.07. The first kappa shape index (κ1) is 11.7. The maximum absolute atomic E-state index is 12.6. The molecule has 82 valence electrons. The Hall–Kier alpha value is -1.42. The lowest BCUT2D eigenvalue weighted by Gasteiger charge is -2.06. The minimum atomic E-state index is -0.578. The van der Waals surface area contributed by atoms with Crippen molar-refractivity contribution in [1.82, 2.24) is 0 Å². The van der Waals surface area contributed by atoms with Crippen LogP contribution in [0.5, 0.6) is 0 Å². The van der Waals surface area contributed by atoms with Crippen molar-refractivity contribution in [1.29, 1.82) is 0 Å². The zero-order valence-electron chi connectivity index (χ0n) is 8.45. The van der Waals surface area contributed by atoms with Crippen molar-refractivity contribution < 1.29 is 9.18 Å². The number of carbonyl (C=O) groups excluding carboxylic acids is 1. The van der Waals surface area contributed by atoms with Gasteiger partial charge in [-0.3, -0.25) is 4.79 Å². The Kier molecular flexibility index (Phi) is 4.24. The van der Waals surface area contributed by atoms with Crippen molar-refractivity contribution in [2.45, 2.75) is 25.3 Å². The van der Waals surface area contributed by atoms with Crippen LogP contribution in [0.15, 0.2) is 24.3 Å². The fraction of sp³-hybridized carbons (Fsp3) is 0.364. The van der Waals surface area contributed by atoms with E-state index >= 15 is 0 Å². The number of amides is 1. The number of hydrogen-bond acceptors (Lipinski definition) is 2. The van der Waals surface area contributed by atoms with E-state index in [1.54, 1.807) is 12.1 Å². The Morgan fingerprint density at radius 2 is 1.93 bits per heavy atom. The van der Waals surface area contributed by atoms with E-state index in [9.17, 15) is 9.18 Å². The van der Waals surface area contributed by atoms with Gasteiger partial charge in [-0.05, 0) is 37.0 Å². The monoisotopic (exact) mass is 210 g/mol. The van der Waals surface area contributed by atoms with Crippen LogP contribution in [0.1, 0.15) is 18.4 Å². The summed E-state index contributed by atoms with van der Waals surface area (Å²) in [6.07, 6.45) is 2.11. The second-order valence-electron chi connectivity index (χ2n) is 3.53. The quantitative estimate of drug-likeness (QED) is 0.760. The normalized spacial score (nSPS) is 12.4. The van der Waals surface area contributed by atoms with Gasteiger partial charge in [0.25, 0.3) is 0 Å². The summed E-state index contributed by atoms with van der Waals surface area (Å²) >= 11 is 0. The Bertz CT molecular complexity index is 324. The summed E-state index contributed by atoms with van der Waals surface area (Å²) in [4.78, 5) is 10.6. The molecular weight excluding hydrogens is 195 g/mol. The summed E-state index contributed by atoms with van der Waals surface area (Å²) in [6.45, 7) is 0. The van der Waals surface area contributed by atoms with Crippen LogP contribution in [0.25, 0.3) is 0 Å². The Balaban J connectivity index is 2.32. The lowest BCUT2D eigenvalue weighted by molar-refractivity contribution is -0.119. The third-order valence-electron chi connectivity index (χ3n) is 2.26. The van der Waals surface area contributed by atoms with Crippen LogP contribution in [0.3, 0.4) is 0 Å². The SMILES string of the molecule is NC(=O)[C@@H](N)CCCc1ccc(F)cc1. The molecule has 0 heterocycles. The molecule has 1 atom stereocenters. The second-order valence-corrected chi connectivity index (χ2v) is 3.53. The van der Waals surface area contributed by atoms with Gasteiger partial charge in [0.2, 0.25) is 5.91 Å². The smallest absolute Gasteiger partial charge is 0.234 e. The molecule has 1 rings (SSSR count). The molecule has 0 aliphatic heterocycles. The highest BCUT2D eigenvalue weighted by Crippen LogP contribution is 2.07. The second kappa shape index (κ2) is 5.46. The molecule has 0 saturated carbocycles. The molecule has 0 aromatic heterocycles. The third-order valence-corrected chi connectivity index (χ3v) is 2.26. The van der Waals surface area contributed by atoms with Crippen LogP contribution in [0, 0.1) is 5.82 Å². The number of halogens is 1. The Labute approximate surface area is 88.3 Å². The molecule has 0 bridgehead atoms. The minimum absolute atomic E-state index is 0.243. The summed E-state index contributed by atoms with van der Waals surface area (Å²) in [5.41, 5.74) is 11.5. The molecular formula is C11H15FN2O. The standard InChI is InChI=1S/C11H15FN2O/c12-9-6-4-8(5-7-9)2-1-3-10(13)11(14)15/h4-7,10H,1-3,13H2,(H2,14,15)/t10-/m0/s1. The lowest BCUT2D eigenvalue weighted by atomic mass is 10.0. The van der Waals surface area contributed by atoms with Gasteiger partial charge in [-0.15, -0.1) is 0 Å². The highest BCUT2D eigenvalue weighted by molar-refractivity contribution is 5.79. The van der Waals surface area contributed by atoms with Gasteiger partial charge in [-0.25, -0.2) is 4.39 Å². The van der Waals surface area contributed by atoms with Crippen LogP contribution < -0.4 is 11.5 Å². The molecule has 1 amide bonds. The predicted molar refractivity (Wildman–Crippen MR) is 56.5 cm³/mol. The van der Waals surface area contributed by atoms with Gasteiger partial charge < -0.3 is 11.5 Å². The maximum Gasteiger partial charge on any atom is 0.234 e. The number of hydrogen-bond donors (Lipinski definition) is 2. The summed E-state index contributed by atoms with van der Waals surface area (Å²) in [6, 6.07) is 5.72. The van der Waals surface area contributed by atoms with Crippen LogP contribution in [-0.2, 0) is 11.2 Å². The molecule has 0 spiro atoms. The fourth-order valence-electron chi connectivity index (χ4n) is 1.32. The number of primary amides is 1. The van der Waals surface area contributed by atoms with E-state index in [4.69, 9.17) is 11.5 Å². The van der Waals surface area contributed by atoms with Crippen molar-refractivity contribution in [3.05, 3.63) is 35.6 Å². The Morgan fingerprint density at radius 3 is 2.47 bits per heavy atom. The zero-order valence-corrected chi connectivity index (χ0v) is 8.45. The van der Waals surface area contributed by atoms with Gasteiger partial charge >= 0.3 is 0 Å². The van der Waals surface area contributed by atoms with Gasteiger partial charge in [0, 0.05) is 0 Å². The van der Waals surface area contributed by atoms with Gasteiger partial charge in [0.05, 0.1) is 6.04 Å². The van der Waals surface area contributed by atoms with Gasteiger partial charge in [0.1, 0.15) is 5.82 Å². The van der Waals surface area contributed by atoms with Crippen molar-refractivity contribution in [2.75, 3.05) is 0 Å². The van der Waals surface area contributed by atoms with E-state index in [0.717, 1.165) is 18.4 Å². The van der Waals surface area contributed by atoms with Crippen LogP contribution in [0.2, 0.25) is 0 Å². The van der Waals surface area contributed by atoms with E-state index < -0.39 is 11.9 Å². The van der Waals surface area contributed by atoms with Gasteiger partial charge in [-0.2, -0.15) is 0 Å². The molecule has 0 aliphatic carbocycles. The van der Waals surface area contributed by atoms with Crippen molar-refractivity contribution >= 4 is 5.91 Å². The number of benzene rings is 1. The molecule has 0 aliphatic rings. The van der Waals surface area contributed by atoms with Crippen LogP contribution in [-0.4, -0.2) is 11.9 Å². The van der Waals surface area contributed by atoms with Crippen molar-refractivity contribution in [2.24, 2.45) is 11.5 Å². The van der Waals surface area contributed by atoms with Crippen molar-refractivity contribution in [3.8, 4) is 0 Å². The third kappa shape index (κ3) is 4.08. The molecule has 0 saturated heterocycles. The van der Waals surface area contributed by atoms with Crippen LogP contribution in [0.4, 0.5) is 4.39 Å². The largest absolute Gasteiger partial charge is 0.368 e. The number of nitrogens with two attached hydrogens (primary N) is 2. The summed E-state index contributed by atoms with van der Waals surface area (Å²) in [5.74, 6) is -0.721. The molecule has 0 unspecified atom stereocenters. The van der Waals surface area contributed by atoms with Crippen molar-refractivity contribution in [3.63, 3.8) is 0 Å². The maximum atomic E-state index is 12.6. The van der Waals surface area contributed by atoms with Crippen LogP contribution >= 0.6 is 0 Å². The van der Waals surface area contributed by atoms with E-state index in [-0.39, 0.29) is 5.82 Å². The number of aryl methyl sites for hydroxylation is 1. The Morgan fingerprint density at radius 1 is 1.33 bits per heavy atom. The average Bonchev–Trinajstić information content (AvgIpc) is 2.20. The first-order valence-corrected chi connectivity index (χ1v) is 4.89. The first-order chi connectivity index (χ1) is 7.09. The summed E-state index contributed by atoms with van der Waals surface area (Å²) in [7, 11) is 0. The molecule has 4 N–H and O–H groups in total.